The standard InChI is InChI=1S/C22H27N3O3/c1-16-4-3-13-25(14-16)15-21(26)23-18-7-5-17(6-8-18)22(27)24-19-9-11-20(28-2)12-10-19/h5-12,16H,3-4,13-15H2,1-2H3,(H,23,26)(H,24,27)/t16-/m0/s1. The predicted octanol–water partition coefficient (Wildman–Crippen LogP) is 3.62. The Morgan fingerprint density at radius 1 is 1.04 bits per heavy atom. The Balaban J connectivity index is 1.52. The molecule has 1 aliphatic rings. The molecule has 2 aromatic rings. The van der Waals surface area contributed by atoms with Gasteiger partial charge in [-0.15, -0.1) is 0 Å². The zero-order chi connectivity index (χ0) is 19.9. The van der Waals surface area contributed by atoms with Gasteiger partial charge in [0.15, 0.2) is 0 Å². The van der Waals surface area contributed by atoms with Crippen LogP contribution in [0, 0.1) is 5.92 Å². The van der Waals surface area contributed by atoms with E-state index in [1.807, 2.05) is 0 Å². The summed E-state index contributed by atoms with van der Waals surface area (Å²) in [6.45, 7) is 4.57. The van der Waals surface area contributed by atoms with Gasteiger partial charge in [0.05, 0.1) is 13.7 Å². The third kappa shape index (κ3) is 5.57. The Kier molecular flexibility index (Phi) is 6.66. The number of carbonyl (C=O) groups excluding carboxylic acids is 2. The number of nitrogens with one attached hydrogen (secondary N) is 2. The van der Waals surface area contributed by atoms with E-state index in [-0.39, 0.29) is 11.8 Å². The summed E-state index contributed by atoms with van der Waals surface area (Å²) in [5.41, 5.74) is 1.91. The van der Waals surface area contributed by atoms with E-state index in [1.54, 1.807) is 55.6 Å². The van der Waals surface area contributed by atoms with Crippen molar-refractivity contribution in [2.75, 3.05) is 37.4 Å². The molecule has 1 fully saturated rings. The number of hydrogen-bond acceptors (Lipinski definition) is 4. The molecule has 1 saturated heterocycles. The normalized spacial score (nSPS) is 17.0. The summed E-state index contributed by atoms with van der Waals surface area (Å²) in [5, 5.41) is 5.75. The molecule has 2 amide bonds. The lowest BCUT2D eigenvalue weighted by Gasteiger charge is -2.30. The quantitative estimate of drug-likeness (QED) is 0.802. The van der Waals surface area contributed by atoms with Crippen LogP contribution in [0.2, 0.25) is 0 Å². The summed E-state index contributed by atoms with van der Waals surface area (Å²) in [6.07, 6.45) is 2.38. The molecule has 0 radical (unpaired) electrons. The average Bonchev–Trinajstić information content (AvgIpc) is 2.69. The van der Waals surface area contributed by atoms with Crippen LogP contribution in [0.3, 0.4) is 0 Å². The van der Waals surface area contributed by atoms with Crippen LogP contribution in [0.1, 0.15) is 30.1 Å². The lowest BCUT2D eigenvalue weighted by molar-refractivity contribution is -0.117. The van der Waals surface area contributed by atoms with Crippen molar-refractivity contribution in [3.8, 4) is 5.75 Å². The molecule has 1 aliphatic heterocycles. The van der Waals surface area contributed by atoms with E-state index >= 15 is 0 Å². The number of benzene rings is 2. The van der Waals surface area contributed by atoms with E-state index in [1.165, 1.54) is 6.42 Å². The Morgan fingerprint density at radius 3 is 2.32 bits per heavy atom. The Hall–Kier alpha value is -2.86. The minimum atomic E-state index is -0.203. The van der Waals surface area contributed by atoms with Crippen molar-refractivity contribution in [3.05, 3.63) is 54.1 Å². The molecule has 148 valence electrons. The summed E-state index contributed by atoms with van der Waals surface area (Å²) in [6, 6.07) is 14.1. The number of carbonyl (C=O) groups is 2. The molecule has 0 spiro atoms. The van der Waals surface area contributed by atoms with E-state index in [9.17, 15) is 9.59 Å². The molecule has 1 atom stereocenters. The van der Waals surface area contributed by atoms with Crippen LogP contribution >= 0.6 is 0 Å². The van der Waals surface area contributed by atoms with Gasteiger partial charge in [-0.05, 0) is 73.8 Å². The third-order valence-electron chi connectivity index (χ3n) is 4.89. The van der Waals surface area contributed by atoms with Gasteiger partial charge in [0.1, 0.15) is 5.75 Å². The van der Waals surface area contributed by atoms with Crippen LogP contribution in [0.25, 0.3) is 0 Å². The monoisotopic (exact) mass is 381 g/mol. The number of piperidine rings is 1. The molecular formula is C22H27N3O3. The number of ether oxygens (including phenoxy) is 1. The average molecular weight is 381 g/mol. The minimum Gasteiger partial charge on any atom is -0.497 e. The molecule has 0 saturated carbocycles. The van der Waals surface area contributed by atoms with Gasteiger partial charge in [-0.2, -0.15) is 0 Å². The number of methoxy groups -OCH3 is 1. The van der Waals surface area contributed by atoms with Crippen LogP contribution in [-0.2, 0) is 4.79 Å². The SMILES string of the molecule is COc1ccc(NC(=O)c2ccc(NC(=O)CN3CCC[C@H](C)C3)cc2)cc1. The van der Waals surface area contributed by atoms with Crippen LogP contribution in [0.5, 0.6) is 5.75 Å². The van der Waals surface area contributed by atoms with Gasteiger partial charge in [0.25, 0.3) is 5.91 Å². The summed E-state index contributed by atoms with van der Waals surface area (Å²) in [5.74, 6) is 1.15. The molecule has 0 aliphatic carbocycles. The zero-order valence-corrected chi connectivity index (χ0v) is 16.4. The van der Waals surface area contributed by atoms with Crippen molar-refractivity contribution in [1.29, 1.82) is 0 Å². The number of amides is 2. The summed E-state index contributed by atoms with van der Waals surface area (Å²) < 4.78 is 5.11. The molecule has 1 heterocycles. The maximum absolute atomic E-state index is 12.4. The first-order valence-electron chi connectivity index (χ1n) is 9.61. The van der Waals surface area contributed by atoms with Crippen LogP contribution < -0.4 is 15.4 Å². The highest BCUT2D eigenvalue weighted by molar-refractivity contribution is 6.04. The molecular weight excluding hydrogens is 354 g/mol. The number of likely N-dealkylation sites (tertiary alicyclic amines) is 1. The van der Waals surface area contributed by atoms with E-state index in [4.69, 9.17) is 4.74 Å². The number of hydrogen-bond donors (Lipinski definition) is 2. The summed E-state index contributed by atoms with van der Waals surface area (Å²) >= 11 is 0. The molecule has 0 unspecified atom stereocenters. The predicted molar refractivity (Wildman–Crippen MR) is 111 cm³/mol. The topological polar surface area (TPSA) is 70.7 Å². The lowest BCUT2D eigenvalue weighted by atomic mass is 10.0. The summed E-state index contributed by atoms with van der Waals surface area (Å²) in [7, 11) is 1.60. The van der Waals surface area contributed by atoms with E-state index < -0.39 is 0 Å². The van der Waals surface area contributed by atoms with Gasteiger partial charge in [-0.3, -0.25) is 14.5 Å². The minimum absolute atomic E-state index is 0.0236. The van der Waals surface area contributed by atoms with Crippen molar-refractivity contribution < 1.29 is 14.3 Å². The fourth-order valence-electron chi connectivity index (χ4n) is 3.42. The van der Waals surface area contributed by atoms with Crippen molar-refractivity contribution in [2.45, 2.75) is 19.8 Å². The van der Waals surface area contributed by atoms with Crippen LogP contribution in [0.4, 0.5) is 11.4 Å². The molecule has 0 bridgehead atoms. The summed E-state index contributed by atoms with van der Waals surface area (Å²) in [4.78, 5) is 26.8. The Morgan fingerprint density at radius 2 is 1.68 bits per heavy atom. The van der Waals surface area contributed by atoms with Crippen molar-refractivity contribution in [2.24, 2.45) is 5.92 Å². The Bertz CT molecular complexity index is 803. The van der Waals surface area contributed by atoms with E-state index in [2.05, 4.69) is 22.5 Å². The van der Waals surface area contributed by atoms with Gasteiger partial charge >= 0.3 is 0 Å². The van der Waals surface area contributed by atoms with E-state index in [0.29, 0.717) is 29.4 Å². The highest BCUT2D eigenvalue weighted by atomic mass is 16.5. The number of nitrogens with zero attached hydrogens (tertiary/aromatic N) is 1. The molecule has 3 rings (SSSR count). The first kappa shape index (κ1) is 19.9. The highest BCUT2D eigenvalue weighted by Crippen LogP contribution is 2.18. The fraction of sp³-hybridized carbons (Fsp3) is 0.364. The van der Waals surface area contributed by atoms with Gasteiger partial charge < -0.3 is 15.4 Å². The molecule has 0 aromatic heterocycles. The van der Waals surface area contributed by atoms with Gasteiger partial charge in [-0.25, -0.2) is 0 Å². The molecule has 6 nitrogen and oxygen atoms in total. The van der Waals surface area contributed by atoms with E-state index in [0.717, 1.165) is 25.3 Å². The molecule has 2 aromatic carbocycles. The third-order valence-corrected chi connectivity index (χ3v) is 4.89. The second kappa shape index (κ2) is 9.37. The number of rotatable bonds is 6. The zero-order valence-electron chi connectivity index (χ0n) is 16.4. The number of anilines is 2. The first-order valence-corrected chi connectivity index (χ1v) is 9.61. The largest absolute Gasteiger partial charge is 0.497 e. The molecule has 6 heteroatoms. The first-order chi connectivity index (χ1) is 13.5. The lowest BCUT2D eigenvalue weighted by Crippen LogP contribution is -2.39. The second-order valence-electron chi connectivity index (χ2n) is 7.29. The van der Waals surface area contributed by atoms with Crippen LogP contribution in [0.15, 0.2) is 48.5 Å². The van der Waals surface area contributed by atoms with Crippen LogP contribution in [-0.4, -0.2) is 43.5 Å². The maximum Gasteiger partial charge on any atom is 0.255 e. The molecule has 28 heavy (non-hydrogen) atoms. The van der Waals surface area contributed by atoms with Gasteiger partial charge in [0.2, 0.25) is 5.91 Å². The van der Waals surface area contributed by atoms with Crippen molar-refractivity contribution >= 4 is 23.2 Å². The molecule has 2 N–H and O–H groups in total. The van der Waals surface area contributed by atoms with Gasteiger partial charge in [-0.1, -0.05) is 6.92 Å². The Labute approximate surface area is 165 Å². The van der Waals surface area contributed by atoms with Crippen molar-refractivity contribution in [1.82, 2.24) is 4.90 Å². The van der Waals surface area contributed by atoms with Crippen molar-refractivity contribution in [3.63, 3.8) is 0 Å². The van der Waals surface area contributed by atoms with Gasteiger partial charge in [0, 0.05) is 23.5 Å². The smallest absolute Gasteiger partial charge is 0.255 e. The maximum atomic E-state index is 12.4. The highest BCUT2D eigenvalue weighted by Gasteiger charge is 2.18. The second-order valence-corrected chi connectivity index (χ2v) is 7.29. The fourth-order valence-corrected chi connectivity index (χ4v) is 3.42.